The van der Waals surface area contributed by atoms with E-state index in [-0.39, 0.29) is 17.6 Å². The molecular formula is C14H22FNO2. The van der Waals surface area contributed by atoms with Gasteiger partial charge in [0.25, 0.3) is 0 Å². The summed E-state index contributed by atoms with van der Waals surface area (Å²) in [5, 5.41) is 12.3. The van der Waals surface area contributed by atoms with E-state index < -0.39 is 6.10 Å². The molecule has 1 aromatic carbocycles. The lowest BCUT2D eigenvalue weighted by molar-refractivity contribution is 0.154. The first-order valence-electron chi connectivity index (χ1n) is 6.38. The van der Waals surface area contributed by atoms with Crippen molar-refractivity contribution in [3.63, 3.8) is 0 Å². The van der Waals surface area contributed by atoms with Gasteiger partial charge in [0.05, 0.1) is 12.7 Å². The molecule has 0 aliphatic rings. The zero-order valence-corrected chi connectivity index (χ0v) is 11.2. The van der Waals surface area contributed by atoms with Gasteiger partial charge in [0.15, 0.2) is 11.6 Å². The van der Waals surface area contributed by atoms with Gasteiger partial charge in [-0.3, -0.25) is 0 Å². The van der Waals surface area contributed by atoms with Gasteiger partial charge in [-0.2, -0.15) is 0 Å². The van der Waals surface area contributed by atoms with Crippen molar-refractivity contribution >= 4 is 0 Å². The Morgan fingerprint density at radius 2 is 2.11 bits per heavy atom. The van der Waals surface area contributed by atoms with Gasteiger partial charge in [0.2, 0.25) is 0 Å². The number of benzene rings is 1. The van der Waals surface area contributed by atoms with Gasteiger partial charge in [-0.25, -0.2) is 4.39 Å². The molecule has 102 valence electrons. The number of rotatable bonds is 7. The van der Waals surface area contributed by atoms with Gasteiger partial charge < -0.3 is 15.2 Å². The molecule has 2 unspecified atom stereocenters. The fraction of sp³-hybridized carbons (Fsp3) is 0.571. The van der Waals surface area contributed by atoms with Crippen molar-refractivity contribution < 1.29 is 14.2 Å². The molecule has 0 bridgehead atoms. The molecule has 0 saturated heterocycles. The zero-order chi connectivity index (χ0) is 13.5. The number of aliphatic hydroxyl groups is 1. The molecule has 0 aliphatic carbocycles. The second-order valence-electron chi connectivity index (χ2n) is 4.46. The molecule has 0 aliphatic heterocycles. The lowest BCUT2D eigenvalue weighted by Gasteiger charge is -2.14. The molecule has 0 saturated carbocycles. The highest BCUT2D eigenvalue weighted by Crippen LogP contribution is 2.22. The fourth-order valence-corrected chi connectivity index (χ4v) is 1.67. The van der Waals surface area contributed by atoms with E-state index in [1.807, 2.05) is 19.9 Å². The predicted octanol–water partition coefficient (Wildman–Crippen LogP) is 2.65. The second-order valence-corrected chi connectivity index (χ2v) is 4.46. The summed E-state index contributed by atoms with van der Waals surface area (Å²) in [4.78, 5) is 0. The van der Waals surface area contributed by atoms with Crippen molar-refractivity contribution in [3.8, 4) is 5.75 Å². The molecule has 0 radical (unpaired) electrons. The van der Waals surface area contributed by atoms with E-state index in [9.17, 15) is 4.39 Å². The first-order valence-corrected chi connectivity index (χ1v) is 6.38. The van der Waals surface area contributed by atoms with Crippen LogP contribution >= 0.6 is 0 Å². The smallest absolute Gasteiger partial charge is 0.165 e. The zero-order valence-electron chi connectivity index (χ0n) is 11.2. The average Bonchev–Trinajstić information content (AvgIpc) is 2.31. The largest absolute Gasteiger partial charge is 0.490 e. The molecular weight excluding hydrogens is 233 g/mol. The van der Waals surface area contributed by atoms with Gasteiger partial charge >= 0.3 is 0 Å². The minimum atomic E-state index is -0.430. The van der Waals surface area contributed by atoms with Crippen molar-refractivity contribution in [3.05, 3.63) is 29.6 Å². The van der Waals surface area contributed by atoms with E-state index in [4.69, 9.17) is 9.84 Å². The van der Waals surface area contributed by atoms with E-state index in [1.54, 1.807) is 13.0 Å². The highest BCUT2D eigenvalue weighted by molar-refractivity contribution is 5.30. The third-order valence-corrected chi connectivity index (χ3v) is 2.76. The Bertz CT molecular complexity index is 369. The Hall–Kier alpha value is -1.13. The molecule has 0 spiro atoms. The lowest BCUT2D eigenvalue weighted by atomic mass is 10.1. The van der Waals surface area contributed by atoms with Crippen molar-refractivity contribution in [2.24, 2.45) is 0 Å². The molecule has 0 heterocycles. The number of hydrogen-bond donors (Lipinski definition) is 2. The molecule has 3 nitrogen and oxygen atoms in total. The summed E-state index contributed by atoms with van der Waals surface area (Å²) in [6.07, 6.45) is 0.0655. The topological polar surface area (TPSA) is 41.5 Å². The molecule has 2 atom stereocenters. The molecule has 18 heavy (non-hydrogen) atoms. The van der Waals surface area contributed by atoms with Crippen LogP contribution in [0.15, 0.2) is 18.2 Å². The summed E-state index contributed by atoms with van der Waals surface area (Å²) in [6, 6.07) is 5.11. The van der Waals surface area contributed by atoms with E-state index in [2.05, 4.69) is 5.32 Å². The van der Waals surface area contributed by atoms with Gasteiger partial charge in [-0.1, -0.05) is 13.0 Å². The summed E-state index contributed by atoms with van der Waals surface area (Å²) in [5.74, 6) is -0.119. The van der Waals surface area contributed by atoms with E-state index in [0.717, 1.165) is 12.1 Å². The van der Waals surface area contributed by atoms with Crippen molar-refractivity contribution in [2.75, 3.05) is 13.2 Å². The number of hydrogen-bond acceptors (Lipinski definition) is 3. The first-order chi connectivity index (χ1) is 8.54. The Balaban J connectivity index is 2.62. The number of halogens is 1. The number of nitrogens with one attached hydrogen (secondary N) is 1. The molecule has 0 fully saturated rings. The van der Waals surface area contributed by atoms with Crippen LogP contribution in [0.2, 0.25) is 0 Å². The highest BCUT2D eigenvalue weighted by Gasteiger charge is 2.09. The van der Waals surface area contributed by atoms with Crippen LogP contribution in [0.1, 0.15) is 38.8 Å². The van der Waals surface area contributed by atoms with Crippen LogP contribution in [0.3, 0.4) is 0 Å². The first kappa shape index (κ1) is 14.9. The molecule has 0 aromatic heterocycles. The molecule has 4 heteroatoms. The van der Waals surface area contributed by atoms with Gasteiger partial charge in [0, 0.05) is 12.5 Å². The predicted molar refractivity (Wildman–Crippen MR) is 70.3 cm³/mol. The van der Waals surface area contributed by atoms with Gasteiger partial charge in [0.1, 0.15) is 0 Å². The summed E-state index contributed by atoms with van der Waals surface area (Å²) in [7, 11) is 0. The second kappa shape index (κ2) is 7.34. The van der Waals surface area contributed by atoms with Crippen molar-refractivity contribution in [1.29, 1.82) is 0 Å². The van der Waals surface area contributed by atoms with Gasteiger partial charge in [-0.15, -0.1) is 0 Å². The maximum absolute atomic E-state index is 13.8. The lowest BCUT2D eigenvalue weighted by Crippen LogP contribution is -2.17. The molecule has 1 rings (SSSR count). The molecule has 2 N–H and O–H groups in total. The van der Waals surface area contributed by atoms with E-state index in [0.29, 0.717) is 13.0 Å². The third-order valence-electron chi connectivity index (χ3n) is 2.76. The Labute approximate surface area is 108 Å². The minimum Gasteiger partial charge on any atom is -0.490 e. The molecule has 1 aromatic rings. The molecule has 0 amide bonds. The van der Waals surface area contributed by atoms with E-state index in [1.165, 1.54) is 6.07 Å². The maximum atomic E-state index is 13.8. The summed E-state index contributed by atoms with van der Waals surface area (Å²) >= 11 is 0. The Kier molecular flexibility index (Phi) is 6.09. The standard InChI is InChI=1S/C14H22FNO2/c1-4-16-11(3)12-5-6-14(13(15)9-12)18-8-7-10(2)17/h5-6,9-11,16-17H,4,7-8H2,1-3H3. The SMILES string of the molecule is CCNC(C)c1ccc(OCCC(C)O)c(F)c1. The maximum Gasteiger partial charge on any atom is 0.165 e. The van der Waals surface area contributed by atoms with Crippen LogP contribution in [-0.2, 0) is 0 Å². The van der Waals surface area contributed by atoms with Crippen molar-refractivity contribution in [2.45, 2.75) is 39.3 Å². The normalized spacial score (nSPS) is 14.3. The van der Waals surface area contributed by atoms with Crippen LogP contribution in [0, 0.1) is 5.82 Å². The summed E-state index contributed by atoms with van der Waals surface area (Å²) in [5.41, 5.74) is 0.900. The third kappa shape index (κ3) is 4.63. The van der Waals surface area contributed by atoms with Crippen LogP contribution in [0.5, 0.6) is 5.75 Å². The minimum absolute atomic E-state index is 0.121. The fourth-order valence-electron chi connectivity index (χ4n) is 1.67. The summed E-state index contributed by atoms with van der Waals surface area (Å²) < 4.78 is 19.0. The summed E-state index contributed by atoms with van der Waals surface area (Å²) in [6.45, 7) is 6.85. The highest BCUT2D eigenvalue weighted by atomic mass is 19.1. The quantitative estimate of drug-likeness (QED) is 0.787. The van der Waals surface area contributed by atoms with Crippen molar-refractivity contribution in [1.82, 2.24) is 5.32 Å². The number of ether oxygens (including phenoxy) is 1. The van der Waals surface area contributed by atoms with E-state index >= 15 is 0 Å². The monoisotopic (exact) mass is 255 g/mol. The number of aliphatic hydroxyl groups excluding tert-OH is 1. The Morgan fingerprint density at radius 1 is 1.39 bits per heavy atom. The Morgan fingerprint density at radius 3 is 2.67 bits per heavy atom. The van der Waals surface area contributed by atoms with Crippen LogP contribution in [0.4, 0.5) is 4.39 Å². The van der Waals surface area contributed by atoms with Crippen LogP contribution in [0.25, 0.3) is 0 Å². The van der Waals surface area contributed by atoms with Crippen LogP contribution in [-0.4, -0.2) is 24.4 Å². The van der Waals surface area contributed by atoms with Crippen LogP contribution < -0.4 is 10.1 Å². The average molecular weight is 255 g/mol. The van der Waals surface area contributed by atoms with Gasteiger partial charge in [-0.05, 0) is 38.1 Å².